The molecule has 0 bridgehead atoms. The molecule has 0 aliphatic rings. The monoisotopic (exact) mass is 223 g/mol. The molecule has 2 N–H and O–H groups in total. The average Bonchev–Trinajstić information content (AvgIpc) is 2.08. The number of rotatable bonds is 1. The van der Waals surface area contributed by atoms with Gasteiger partial charge in [0.05, 0.1) is 5.54 Å². The van der Waals surface area contributed by atoms with Crippen molar-refractivity contribution in [2.45, 2.75) is 19.4 Å². The van der Waals surface area contributed by atoms with Crippen molar-refractivity contribution in [3.05, 3.63) is 11.3 Å². The first-order chi connectivity index (χ1) is 4.11. The van der Waals surface area contributed by atoms with Crippen molar-refractivity contribution in [1.29, 1.82) is 0 Å². The van der Waals surface area contributed by atoms with E-state index < -0.39 is 0 Å². The Morgan fingerprint density at radius 3 is 2.40 bits per heavy atom. The van der Waals surface area contributed by atoms with E-state index in [-0.39, 0.29) is 22.5 Å². The summed E-state index contributed by atoms with van der Waals surface area (Å²) in [6.07, 6.45) is 0. The van der Waals surface area contributed by atoms with E-state index in [1.165, 1.54) is 11.5 Å². The molecule has 0 fully saturated rings. The molecule has 1 heterocycles. The predicted octanol–water partition coefficient (Wildman–Crippen LogP) is 1.31. The number of hydrogen-bond acceptors (Lipinski definition) is 4. The Morgan fingerprint density at radius 2 is 2.20 bits per heavy atom. The second kappa shape index (κ2) is 3.41. The molecular weight excluding hydrogens is 214 g/mol. The smallest absolute Gasteiger partial charge is 0.161 e. The van der Waals surface area contributed by atoms with E-state index in [0.717, 1.165) is 0 Å². The zero-order valence-corrected chi connectivity index (χ0v) is 8.40. The van der Waals surface area contributed by atoms with Crippen molar-refractivity contribution >= 4 is 28.5 Å². The van der Waals surface area contributed by atoms with Gasteiger partial charge < -0.3 is 5.73 Å². The highest BCUT2D eigenvalue weighted by Crippen LogP contribution is 2.11. The van der Waals surface area contributed by atoms with Crippen molar-refractivity contribution in [3.8, 4) is 0 Å². The Hall–Kier alpha value is -0.0000000000000000278. The third-order valence-electron chi connectivity index (χ3n) is 0.938. The largest absolute Gasteiger partial charge is 0.319 e. The second-order valence-electron chi connectivity index (χ2n) is 2.48. The van der Waals surface area contributed by atoms with E-state index in [4.69, 9.17) is 5.73 Å². The van der Waals surface area contributed by atoms with Gasteiger partial charge in [0, 0.05) is 0 Å². The maximum atomic E-state index is 5.68. The van der Waals surface area contributed by atoms with E-state index in [9.17, 15) is 0 Å². The van der Waals surface area contributed by atoms with Crippen LogP contribution < -0.4 is 5.73 Å². The van der Waals surface area contributed by atoms with Crippen molar-refractivity contribution in [2.75, 3.05) is 0 Å². The number of hydrogen-bond donors (Lipinski definition) is 1. The van der Waals surface area contributed by atoms with E-state index >= 15 is 0 Å². The summed E-state index contributed by atoms with van der Waals surface area (Å²) >= 11 is 1.33. The Balaban J connectivity index is 0.000000810. The SMILES string of the molecule is Br.CC(C)(N)c1ncsn1. The molecule has 0 aliphatic heterocycles. The Morgan fingerprint density at radius 1 is 1.60 bits per heavy atom. The van der Waals surface area contributed by atoms with Gasteiger partial charge in [-0.1, -0.05) is 0 Å². The molecule has 0 saturated heterocycles. The van der Waals surface area contributed by atoms with Crippen LogP contribution in [0.2, 0.25) is 0 Å². The minimum absolute atomic E-state index is 0. The van der Waals surface area contributed by atoms with Gasteiger partial charge in [0.1, 0.15) is 5.51 Å². The Bertz CT molecular complexity index is 179. The maximum Gasteiger partial charge on any atom is 0.161 e. The lowest BCUT2D eigenvalue weighted by Crippen LogP contribution is -2.29. The molecule has 0 radical (unpaired) electrons. The van der Waals surface area contributed by atoms with Crippen LogP contribution in [-0.2, 0) is 5.54 Å². The van der Waals surface area contributed by atoms with Crippen LogP contribution in [0.1, 0.15) is 19.7 Å². The van der Waals surface area contributed by atoms with Crippen LogP contribution in [0, 0.1) is 0 Å². The van der Waals surface area contributed by atoms with Crippen LogP contribution in [0.25, 0.3) is 0 Å². The van der Waals surface area contributed by atoms with Crippen molar-refractivity contribution in [2.24, 2.45) is 5.73 Å². The van der Waals surface area contributed by atoms with E-state index in [2.05, 4.69) is 9.36 Å². The molecule has 58 valence electrons. The fourth-order valence-electron chi connectivity index (χ4n) is 0.455. The molecule has 1 rings (SSSR count). The molecule has 1 aromatic heterocycles. The standard InChI is InChI=1S/C5H9N3S.BrH/c1-5(2,6)4-7-3-9-8-4;/h3H,6H2,1-2H3;1H. The predicted molar refractivity (Wildman–Crippen MR) is 47.4 cm³/mol. The lowest BCUT2D eigenvalue weighted by atomic mass is 10.1. The summed E-state index contributed by atoms with van der Waals surface area (Å²) in [6, 6.07) is 0. The summed E-state index contributed by atoms with van der Waals surface area (Å²) in [7, 11) is 0. The zero-order chi connectivity index (χ0) is 6.91. The summed E-state index contributed by atoms with van der Waals surface area (Å²) in [5, 5.41) is 0. The van der Waals surface area contributed by atoms with Crippen LogP contribution in [0.3, 0.4) is 0 Å². The van der Waals surface area contributed by atoms with Crippen molar-refractivity contribution < 1.29 is 0 Å². The first kappa shape index (κ1) is 10.0. The molecule has 0 aliphatic carbocycles. The molecular formula is C5H10BrN3S. The first-order valence-corrected chi connectivity index (χ1v) is 3.50. The van der Waals surface area contributed by atoms with Crippen LogP contribution >= 0.6 is 28.5 Å². The van der Waals surface area contributed by atoms with Gasteiger partial charge in [-0.2, -0.15) is 4.37 Å². The Kier molecular flexibility index (Phi) is 3.41. The van der Waals surface area contributed by atoms with Crippen LogP contribution in [0.5, 0.6) is 0 Å². The van der Waals surface area contributed by atoms with Gasteiger partial charge in [-0.25, -0.2) is 4.98 Å². The third kappa shape index (κ3) is 2.32. The quantitative estimate of drug-likeness (QED) is 0.782. The summed E-state index contributed by atoms with van der Waals surface area (Å²) in [4.78, 5) is 3.97. The molecule has 5 heteroatoms. The summed E-state index contributed by atoms with van der Waals surface area (Å²) in [5.74, 6) is 0.715. The average molecular weight is 224 g/mol. The van der Waals surface area contributed by atoms with Crippen molar-refractivity contribution in [1.82, 2.24) is 9.36 Å². The van der Waals surface area contributed by atoms with Crippen LogP contribution in [0.4, 0.5) is 0 Å². The van der Waals surface area contributed by atoms with Crippen molar-refractivity contribution in [3.63, 3.8) is 0 Å². The molecule has 0 aromatic carbocycles. The lowest BCUT2D eigenvalue weighted by molar-refractivity contribution is 0.522. The van der Waals surface area contributed by atoms with Gasteiger partial charge in [0.15, 0.2) is 5.82 Å². The van der Waals surface area contributed by atoms with Gasteiger partial charge in [-0.3, -0.25) is 0 Å². The zero-order valence-electron chi connectivity index (χ0n) is 5.87. The highest BCUT2D eigenvalue weighted by molar-refractivity contribution is 8.93. The Labute approximate surface area is 74.6 Å². The van der Waals surface area contributed by atoms with Gasteiger partial charge in [0.2, 0.25) is 0 Å². The second-order valence-corrected chi connectivity index (χ2v) is 3.08. The minimum atomic E-state index is -0.389. The highest BCUT2D eigenvalue weighted by atomic mass is 79.9. The summed E-state index contributed by atoms with van der Waals surface area (Å²) in [6.45, 7) is 3.77. The first-order valence-electron chi connectivity index (χ1n) is 2.66. The highest BCUT2D eigenvalue weighted by Gasteiger charge is 2.17. The number of aromatic nitrogens is 2. The van der Waals surface area contributed by atoms with Crippen LogP contribution in [0.15, 0.2) is 5.51 Å². The van der Waals surface area contributed by atoms with Crippen LogP contribution in [-0.4, -0.2) is 9.36 Å². The molecule has 0 spiro atoms. The molecule has 0 saturated carbocycles. The fraction of sp³-hybridized carbons (Fsp3) is 0.600. The lowest BCUT2D eigenvalue weighted by Gasteiger charge is -2.12. The topological polar surface area (TPSA) is 51.8 Å². The van der Waals surface area contributed by atoms with Gasteiger partial charge in [0.25, 0.3) is 0 Å². The molecule has 3 nitrogen and oxygen atoms in total. The van der Waals surface area contributed by atoms with Gasteiger partial charge in [-0.05, 0) is 25.4 Å². The number of halogens is 1. The molecule has 0 atom stereocenters. The molecule has 1 aromatic rings. The summed E-state index contributed by atoms with van der Waals surface area (Å²) < 4.78 is 3.99. The normalized spacial score (nSPS) is 10.7. The molecule has 0 unspecified atom stereocenters. The molecule has 10 heavy (non-hydrogen) atoms. The van der Waals surface area contributed by atoms with E-state index in [1.807, 2.05) is 13.8 Å². The minimum Gasteiger partial charge on any atom is -0.319 e. The van der Waals surface area contributed by atoms with Gasteiger partial charge in [-0.15, -0.1) is 17.0 Å². The van der Waals surface area contributed by atoms with Gasteiger partial charge >= 0.3 is 0 Å². The number of nitrogens with zero attached hydrogens (tertiary/aromatic N) is 2. The summed E-state index contributed by atoms with van der Waals surface area (Å²) in [5.41, 5.74) is 6.98. The van der Waals surface area contributed by atoms with E-state index in [0.29, 0.717) is 5.82 Å². The maximum absolute atomic E-state index is 5.68. The van der Waals surface area contributed by atoms with E-state index in [1.54, 1.807) is 5.51 Å². The third-order valence-corrected chi connectivity index (χ3v) is 1.42. The molecule has 0 amide bonds. The number of nitrogens with two attached hydrogens (primary N) is 1. The fourth-order valence-corrected chi connectivity index (χ4v) is 1.03.